The maximum atomic E-state index is 12.4. The van der Waals surface area contributed by atoms with Crippen molar-refractivity contribution >= 4 is 27.5 Å². The Morgan fingerprint density at radius 1 is 1.29 bits per heavy atom. The van der Waals surface area contributed by atoms with Crippen LogP contribution in [0.4, 0.5) is 5.69 Å². The summed E-state index contributed by atoms with van der Waals surface area (Å²) in [6, 6.07) is 6.05. The molecule has 1 amide bonds. The largest absolute Gasteiger partial charge is 0.362 e. The number of likely N-dealkylation sites (tertiary alicyclic amines) is 1. The van der Waals surface area contributed by atoms with Gasteiger partial charge in [0.25, 0.3) is 10.0 Å². The summed E-state index contributed by atoms with van der Waals surface area (Å²) in [6.45, 7) is 4.47. The molecule has 150 valence electrons. The number of sulfonamides is 1. The highest BCUT2D eigenvalue weighted by atomic mass is 32.2. The van der Waals surface area contributed by atoms with Crippen molar-refractivity contribution in [3.05, 3.63) is 41.3 Å². The molecule has 0 saturated carbocycles. The lowest BCUT2D eigenvalue weighted by atomic mass is 10.1. The second kappa shape index (κ2) is 8.14. The number of aromatic nitrogens is 1. The molecule has 1 fully saturated rings. The number of nitrogens with one attached hydrogen (secondary N) is 1. The third kappa shape index (κ3) is 4.59. The van der Waals surface area contributed by atoms with E-state index in [2.05, 4.69) is 14.9 Å². The third-order valence-electron chi connectivity index (χ3n) is 4.78. The fourth-order valence-electron chi connectivity index (χ4n) is 3.13. The van der Waals surface area contributed by atoms with E-state index >= 15 is 0 Å². The van der Waals surface area contributed by atoms with E-state index < -0.39 is 10.0 Å². The van der Waals surface area contributed by atoms with Crippen LogP contribution in [0.15, 0.2) is 38.1 Å². The minimum absolute atomic E-state index is 0.106. The van der Waals surface area contributed by atoms with E-state index in [-0.39, 0.29) is 17.2 Å². The Kier molecular flexibility index (Phi) is 5.83. The van der Waals surface area contributed by atoms with Crippen molar-refractivity contribution in [1.29, 1.82) is 0 Å². The van der Waals surface area contributed by atoms with Gasteiger partial charge >= 0.3 is 0 Å². The molecule has 2 aromatic rings. The van der Waals surface area contributed by atoms with E-state index in [1.807, 2.05) is 25.8 Å². The quantitative estimate of drug-likeness (QED) is 0.794. The molecule has 0 atom stereocenters. The van der Waals surface area contributed by atoms with Crippen molar-refractivity contribution < 1.29 is 17.7 Å². The van der Waals surface area contributed by atoms with Crippen LogP contribution in [0.2, 0.25) is 0 Å². The number of carbonyl (C=O) groups excluding carboxylic acids is 1. The average molecular weight is 404 g/mol. The SMILES string of the molecule is Cc1noc(C)c1CCC(=O)Nc1ccc(S(=O)(=O)N=C2CCCN2C)cc1. The summed E-state index contributed by atoms with van der Waals surface area (Å²) in [5.41, 5.74) is 2.26. The van der Waals surface area contributed by atoms with Crippen molar-refractivity contribution in [2.75, 3.05) is 18.9 Å². The van der Waals surface area contributed by atoms with Gasteiger partial charge in [0, 0.05) is 37.7 Å². The lowest BCUT2D eigenvalue weighted by molar-refractivity contribution is -0.116. The van der Waals surface area contributed by atoms with Crippen LogP contribution < -0.4 is 5.32 Å². The number of rotatable bonds is 6. The predicted molar refractivity (Wildman–Crippen MR) is 106 cm³/mol. The molecule has 0 unspecified atom stereocenters. The van der Waals surface area contributed by atoms with Gasteiger partial charge in [-0.05, 0) is 51.0 Å². The zero-order valence-corrected chi connectivity index (χ0v) is 17.0. The minimum Gasteiger partial charge on any atom is -0.362 e. The number of carbonyl (C=O) groups is 1. The molecule has 0 aliphatic carbocycles. The van der Waals surface area contributed by atoms with E-state index in [4.69, 9.17) is 4.52 Å². The molecular weight excluding hydrogens is 380 g/mol. The minimum atomic E-state index is -3.75. The van der Waals surface area contributed by atoms with Gasteiger partial charge in [0.15, 0.2) is 0 Å². The Hall–Kier alpha value is -2.68. The van der Waals surface area contributed by atoms with Gasteiger partial charge in [0.2, 0.25) is 5.91 Å². The molecular formula is C19H24N4O4S. The molecule has 0 spiro atoms. The number of nitrogens with zero attached hydrogens (tertiary/aromatic N) is 3. The van der Waals surface area contributed by atoms with Crippen LogP contribution in [0.1, 0.15) is 36.3 Å². The monoisotopic (exact) mass is 404 g/mol. The first-order chi connectivity index (χ1) is 13.3. The summed E-state index contributed by atoms with van der Waals surface area (Å²) in [5.74, 6) is 1.13. The van der Waals surface area contributed by atoms with E-state index in [1.54, 1.807) is 12.1 Å². The Morgan fingerprint density at radius 2 is 2.00 bits per heavy atom. The predicted octanol–water partition coefficient (Wildman–Crippen LogP) is 2.68. The van der Waals surface area contributed by atoms with Gasteiger partial charge < -0.3 is 14.7 Å². The Bertz CT molecular complexity index is 974. The first kappa shape index (κ1) is 20.1. The fraction of sp³-hybridized carbons (Fsp3) is 0.421. The maximum Gasteiger partial charge on any atom is 0.283 e. The van der Waals surface area contributed by atoms with E-state index in [1.165, 1.54) is 12.1 Å². The molecule has 0 bridgehead atoms. The number of amidine groups is 1. The number of amides is 1. The maximum absolute atomic E-state index is 12.4. The standard InChI is InChI=1S/C19H24N4O4S/c1-13-17(14(2)27-21-13)10-11-19(24)20-15-6-8-16(9-7-15)28(25,26)22-18-5-4-12-23(18)3/h6-9H,4-5,10-12H2,1-3H3,(H,20,24). The summed E-state index contributed by atoms with van der Waals surface area (Å²) in [6.07, 6.45) is 2.38. The first-order valence-corrected chi connectivity index (χ1v) is 10.6. The van der Waals surface area contributed by atoms with Crippen molar-refractivity contribution in [1.82, 2.24) is 10.1 Å². The second-order valence-corrected chi connectivity index (χ2v) is 8.49. The molecule has 1 N–H and O–H groups in total. The van der Waals surface area contributed by atoms with Gasteiger partial charge in [0.1, 0.15) is 11.6 Å². The lowest BCUT2D eigenvalue weighted by Crippen LogP contribution is -2.20. The van der Waals surface area contributed by atoms with Gasteiger partial charge in [-0.3, -0.25) is 4.79 Å². The van der Waals surface area contributed by atoms with Gasteiger partial charge in [-0.2, -0.15) is 8.42 Å². The number of hydrogen-bond acceptors (Lipinski definition) is 5. The molecule has 1 aliphatic heterocycles. The van der Waals surface area contributed by atoms with Crippen molar-refractivity contribution in [2.24, 2.45) is 4.40 Å². The van der Waals surface area contributed by atoms with E-state index in [9.17, 15) is 13.2 Å². The van der Waals surface area contributed by atoms with Gasteiger partial charge in [-0.15, -0.1) is 4.40 Å². The topological polar surface area (TPSA) is 105 Å². The summed E-state index contributed by atoms with van der Waals surface area (Å²) in [7, 11) is -1.92. The molecule has 9 heteroatoms. The summed E-state index contributed by atoms with van der Waals surface area (Å²) < 4.78 is 33.9. The Morgan fingerprint density at radius 3 is 2.57 bits per heavy atom. The summed E-state index contributed by atoms with van der Waals surface area (Å²) in [4.78, 5) is 14.1. The molecule has 1 aromatic carbocycles. The zero-order chi connectivity index (χ0) is 20.3. The number of benzene rings is 1. The molecule has 2 heterocycles. The zero-order valence-electron chi connectivity index (χ0n) is 16.2. The van der Waals surface area contributed by atoms with Gasteiger partial charge in [-0.25, -0.2) is 0 Å². The van der Waals surface area contributed by atoms with Crippen LogP contribution in [0.3, 0.4) is 0 Å². The van der Waals surface area contributed by atoms with Crippen molar-refractivity contribution in [2.45, 2.75) is 44.4 Å². The normalized spacial score (nSPS) is 16.0. The molecule has 1 saturated heterocycles. The van der Waals surface area contributed by atoms with Crippen molar-refractivity contribution in [3.63, 3.8) is 0 Å². The molecule has 1 aliphatic rings. The van der Waals surface area contributed by atoms with E-state index in [0.29, 0.717) is 24.4 Å². The highest BCUT2D eigenvalue weighted by Gasteiger charge is 2.20. The van der Waals surface area contributed by atoms with Gasteiger partial charge in [0.05, 0.1) is 10.6 Å². The molecule has 1 aromatic heterocycles. The second-order valence-electron chi connectivity index (χ2n) is 6.88. The fourth-order valence-corrected chi connectivity index (χ4v) is 4.23. The molecule has 8 nitrogen and oxygen atoms in total. The molecule has 28 heavy (non-hydrogen) atoms. The summed E-state index contributed by atoms with van der Waals surface area (Å²) in [5, 5.41) is 6.65. The van der Waals surface area contributed by atoms with Gasteiger partial charge in [-0.1, -0.05) is 5.16 Å². The number of anilines is 1. The van der Waals surface area contributed by atoms with Crippen molar-refractivity contribution in [3.8, 4) is 0 Å². The lowest BCUT2D eigenvalue weighted by Gasteiger charge is -2.11. The average Bonchev–Trinajstić information content (AvgIpc) is 3.18. The highest BCUT2D eigenvalue weighted by molar-refractivity contribution is 7.90. The van der Waals surface area contributed by atoms with Crippen LogP contribution in [-0.2, 0) is 21.2 Å². The van der Waals surface area contributed by atoms with Crippen LogP contribution >= 0.6 is 0 Å². The Labute approximate surface area is 164 Å². The van der Waals surface area contributed by atoms with Crippen LogP contribution in [-0.4, -0.2) is 43.8 Å². The highest BCUT2D eigenvalue weighted by Crippen LogP contribution is 2.20. The van der Waals surface area contributed by atoms with Crippen LogP contribution in [0, 0.1) is 13.8 Å². The summed E-state index contributed by atoms with van der Waals surface area (Å²) >= 11 is 0. The third-order valence-corrected chi connectivity index (χ3v) is 6.10. The first-order valence-electron chi connectivity index (χ1n) is 9.13. The van der Waals surface area contributed by atoms with E-state index in [0.717, 1.165) is 30.0 Å². The number of aryl methyl sites for hydroxylation is 2. The molecule has 0 radical (unpaired) electrons. The molecule has 3 rings (SSSR count). The number of hydrogen-bond donors (Lipinski definition) is 1. The van der Waals surface area contributed by atoms with Crippen LogP contribution in [0.25, 0.3) is 0 Å². The Balaban J connectivity index is 1.62. The van der Waals surface area contributed by atoms with Crippen LogP contribution in [0.5, 0.6) is 0 Å². The smallest absolute Gasteiger partial charge is 0.283 e.